The second-order valence-corrected chi connectivity index (χ2v) is 4.50. The van der Waals surface area contributed by atoms with Gasteiger partial charge < -0.3 is 5.32 Å². The molecule has 9 heteroatoms. The van der Waals surface area contributed by atoms with Gasteiger partial charge in [-0.05, 0) is 20.3 Å². The second kappa shape index (κ2) is 5.68. The summed E-state index contributed by atoms with van der Waals surface area (Å²) in [5, 5.41) is 25.0. The molecular weight excluding hydrogens is 262 g/mol. The molecular formula is C11H17N7O2. The normalized spacial score (nSPS) is 12.3. The number of aromatic nitrogens is 5. The number of hydrogen-bond acceptors (Lipinski definition) is 6. The molecule has 9 nitrogen and oxygen atoms in total. The van der Waals surface area contributed by atoms with Crippen molar-refractivity contribution in [3.8, 4) is 0 Å². The summed E-state index contributed by atoms with van der Waals surface area (Å²) in [7, 11) is 0. The second-order valence-electron chi connectivity index (χ2n) is 4.50. The monoisotopic (exact) mass is 279 g/mol. The van der Waals surface area contributed by atoms with Gasteiger partial charge in [0.1, 0.15) is 17.8 Å². The van der Waals surface area contributed by atoms with Gasteiger partial charge in [0.05, 0.1) is 11.0 Å². The zero-order chi connectivity index (χ0) is 14.7. The lowest BCUT2D eigenvalue weighted by Gasteiger charge is -2.13. The molecule has 20 heavy (non-hydrogen) atoms. The van der Waals surface area contributed by atoms with E-state index in [2.05, 4.69) is 25.6 Å². The molecule has 0 aromatic carbocycles. The Kier molecular flexibility index (Phi) is 3.97. The van der Waals surface area contributed by atoms with Gasteiger partial charge in [-0.3, -0.25) is 15.2 Å². The maximum Gasteiger partial charge on any atom is 0.333 e. The van der Waals surface area contributed by atoms with Crippen LogP contribution in [0.25, 0.3) is 0 Å². The molecule has 0 aliphatic carbocycles. The van der Waals surface area contributed by atoms with E-state index in [1.54, 1.807) is 11.6 Å². The largest absolute Gasteiger partial charge is 0.355 e. The number of nitro groups is 1. The van der Waals surface area contributed by atoms with Crippen molar-refractivity contribution in [2.45, 2.75) is 39.8 Å². The van der Waals surface area contributed by atoms with Crippen molar-refractivity contribution in [3.05, 3.63) is 28.0 Å². The average Bonchev–Trinajstić information content (AvgIpc) is 2.98. The van der Waals surface area contributed by atoms with Gasteiger partial charge in [-0.2, -0.15) is 10.2 Å². The molecule has 2 aromatic heterocycles. The number of nitrogens with zero attached hydrogens (tertiary/aromatic N) is 5. The molecule has 108 valence electrons. The summed E-state index contributed by atoms with van der Waals surface area (Å²) in [6.45, 7) is 6.09. The van der Waals surface area contributed by atoms with Crippen LogP contribution in [-0.2, 0) is 6.54 Å². The van der Waals surface area contributed by atoms with Crippen LogP contribution < -0.4 is 5.32 Å². The van der Waals surface area contributed by atoms with Crippen LogP contribution in [0.15, 0.2) is 6.33 Å². The van der Waals surface area contributed by atoms with Crippen molar-refractivity contribution in [2.75, 3.05) is 5.32 Å². The van der Waals surface area contributed by atoms with Crippen molar-refractivity contribution in [1.29, 1.82) is 0 Å². The molecule has 0 fully saturated rings. The molecule has 0 saturated heterocycles. The van der Waals surface area contributed by atoms with Crippen LogP contribution in [0.2, 0.25) is 0 Å². The van der Waals surface area contributed by atoms with E-state index in [0.29, 0.717) is 23.9 Å². The van der Waals surface area contributed by atoms with Crippen LogP contribution in [-0.4, -0.2) is 29.9 Å². The van der Waals surface area contributed by atoms with Gasteiger partial charge in [-0.15, -0.1) is 0 Å². The van der Waals surface area contributed by atoms with Gasteiger partial charge in [0, 0.05) is 6.54 Å². The number of aryl methyl sites for hydroxylation is 2. The Hall–Kier alpha value is -2.45. The molecule has 0 aliphatic rings. The summed E-state index contributed by atoms with van der Waals surface area (Å²) in [6, 6.07) is -0.233. The predicted molar refractivity (Wildman–Crippen MR) is 72.3 cm³/mol. The first-order valence-electron chi connectivity index (χ1n) is 6.38. The number of H-pyrrole nitrogens is 1. The van der Waals surface area contributed by atoms with Crippen LogP contribution in [0.5, 0.6) is 0 Å². The molecule has 2 N–H and O–H groups in total. The fraction of sp³-hybridized carbons (Fsp3) is 0.545. The summed E-state index contributed by atoms with van der Waals surface area (Å²) in [6.07, 6.45) is 2.24. The van der Waals surface area contributed by atoms with Crippen molar-refractivity contribution in [3.63, 3.8) is 0 Å². The molecule has 0 amide bonds. The smallest absolute Gasteiger partial charge is 0.333 e. The first-order valence-corrected chi connectivity index (χ1v) is 6.38. The summed E-state index contributed by atoms with van der Waals surface area (Å²) in [5.74, 6) is 1.01. The Morgan fingerprint density at radius 3 is 2.90 bits per heavy atom. The van der Waals surface area contributed by atoms with Crippen LogP contribution >= 0.6 is 0 Å². The fourth-order valence-electron chi connectivity index (χ4n) is 2.00. The lowest BCUT2D eigenvalue weighted by atomic mass is 10.3. The molecule has 2 heterocycles. The number of aromatic amines is 1. The zero-order valence-corrected chi connectivity index (χ0v) is 11.6. The fourth-order valence-corrected chi connectivity index (χ4v) is 2.00. The van der Waals surface area contributed by atoms with E-state index in [9.17, 15) is 10.1 Å². The molecule has 0 saturated carbocycles. The lowest BCUT2D eigenvalue weighted by Crippen LogP contribution is -2.14. The minimum atomic E-state index is -0.413. The van der Waals surface area contributed by atoms with Gasteiger partial charge in [0.15, 0.2) is 0 Å². The maximum absolute atomic E-state index is 11.2. The third-order valence-corrected chi connectivity index (χ3v) is 2.91. The highest BCUT2D eigenvalue weighted by molar-refractivity contribution is 5.60. The van der Waals surface area contributed by atoms with Crippen molar-refractivity contribution < 1.29 is 4.92 Å². The number of hydrogen-bond donors (Lipinski definition) is 2. The van der Waals surface area contributed by atoms with Gasteiger partial charge in [0.25, 0.3) is 0 Å². The number of anilines is 1. The minimum Gasteiger partial charge on any atom is -0.355 e. The summed E-state index contributed by atoms with van der Waals surface area (Å²) in [4.78, 5) is 14.8. The standard InChI is InChI=1S/C11H17N7O2/c1-4-5-17-11(9(18(19)20)7(2)16-17)14-8(3)10-12-6-13-15-10/h6,8,14H,4-5H2,1-3H3,(H,12,13,15). The first kappa shape index (κ1) is 14.0. The van der Waals surface area contributed by atoms with Crippen LogP contribution in [0.1, 0.15) is 37.8 Å². The third kappa shape index (κ3) is 2.60. The molecule has 0 radical (unpaired) electrons. The quantitative estimate of drug-likeness (QED) is 0.615. The summed E-state index contributed by atoms with van der Waals surface area (Å²) >= 11 is 0. The van der Waals surface area contributed by atoms with E-state index in [-0.39, 0.29) is 11.7 Å². The Morgan fingerprint density at radius 1 is 1.60 bits per heavy atom. The lowest BCUT2D eigenvalue weighted by molar-refractivity contribution is -0.384. The Morgan fingerprint density at radius 2 is 2.35 bits per heavy atom. The van der Waals surface area contributed by atoms with Crippen LogP contribution in [0.4, 0.5) is 11.5 Å². The third-order valence-electron chi connectivity index (χ3n) is 2.91. The van der Waals surface area contributed by atoms with Crippen LogP contribution in [0.3, 0.4) is 0 Å². The summed E-state index contributed by atoms with van der Waals surface area (Å²) in [5.41, 5.74) is 0.403. The molecule has 0 bridgehead atoms. The highest BCUT2D eigenvalue weighted by Gasteiger charge is 2.26. The van der Waals surface area contributed by atoms with Gasteiger partial charge >= 0.3 is 5.69 Å². The molecule has 2 rings (SSSR count). The minimum absolute atomic E-state index is 0.00446. The highest BCUT2D eigenvalue weighted by atomic mass is 16.6. The average molecular weight is 279 g/mol. The Balaban J connectivity index is 2.35. The topological polar surface area (TPSA) is 115 Å². The van der Waals surface area contributed by atoms with Crippen molar-refractivity contribution >= 4 is 11.5 Å². The van der Waals surface area contributed by atoms with E-state index in [1.165, 1.54) is 6.33 Å². The highest BCUT2D eigenvalue weighted by Crippen LogP contribution is 2.30. The predicted octanol–water partition coefficient (Wildman–Crippen LogP) is 1.80. The van der Waals surface area contributed by atoms with Gasteiger partial charge in [-0.25, -0.2) is 9.67 Å². The Bertz CT molecular complexity index is 590. The van der Waals surface area contributed by atoms with E-state index in [4.69, 9.17) is 0 Å². The first-order chi connectivity index (χ1) is 9.54. The molecule has 0 aliphatic heterocycles. The molecule has 0 spiro atoms. The maximum atomic E-state index is 11.2. The zero-order valence-electron chi connectivity index (χ0n) is 11.6. The van der Waals surface area contributed by atoms with E-state index < -0.39 is 4.92 Å². The molecule has 1 unspecified atom stereocenters. The Labute approximate surface area is 115 Å². The van der Waals surface area contributed by atoms with Gasteiger partial charge in [0.2, 0.25) is 5.82 Å². The van der Waals surface area contributed by atoms with Gasteiger partial charge in [-0.1, -0.05) is 6.92 Å². The van der Waals surface area contributed by atoms with E-state index in [0.717, 1.165) is 6.42 Å². The SMILES string of the molecule is CCCn1nc(C)c([N+](=O)[O-])c1NC(C)c1ncn[nH]1. The van der Waals surface area contributed by atoms with Crippen molar-refractivity contribution in [2.24, 2.45) is 0 Å². The molecule has 2 aromatic rings. The van der Waals surface area contributed by atoms with Crippen molar-refractivity contribution in [1.82, 2.24) is 25.0 Å². The number of rotatable bonds is 6. The summed E-state index contributed by atoms with van der Waals surface area (Å²) < 4.78 is 1.63. The molecule has 1 atom stereocenters. The van der Waals surface area contributed by atoms with E-state index >= 15 is 0 Å². The number of nitrogens with one attached hydrogen (secondary N) is 2. The van der Waals surface area contributed by atoms with E-state index in [1.807, 2.05) is 13.8 Å². The van der Waals surface area contributed by atoms with Crippen LogP contribution in [0, 0.1) is 17.0 Å².